The van der Waals surface area contributed by atoms with Crippen LogP contribution in [0, 0.1) is 0 Å². The van der Waals surface area contributed by atoms with Gasteiger partial charge in [0.15, 0.2) is 0 Å². The molecule has 7 heteroatoms. The van der Waals surface area contributed by atoms with Crippen LogP contribution in [0.4, 0.5) is 16.2 Å². The van der Waals surface area contributed by atoms with Gasteiger partial charge < -0.3 is 16.0 Å². The zero-order chi connectivity index (χ0) is 18.5. The Morgan fingerprint density at radius 1 is 1.23 bits per heavy atom. The molecule has 7 nitrogen and oxygen atoms in total. The Labute approximate surface area is 152 Å². The quantitative estimate of drug-likeness (QED) is 0.624. The molecule has 3 aliphatic rings. The molecule has 3 N–H and O–H groups in total. The minimum Gasteiger partial charge on any atom is -0.398 e. The zero-order valence-electron chi connectivity index (χ0n) is 15.0. The molecule has 2 fully saturated rings. The SMILES string of the molecule is CC(C(=O)N1CCCc2c(N)cccc21)N1C(=O)NC2(CCCC2)C1=O. The standard InChI is InChI=1S/C19H24N4O3/c1-12(23-17(25)19(21-18(23)26)9-2-3-10-19)16(24)22-11-5-6-13-14(20)7-4-8-15(13)22/h4,7-8,12H,2-3,5-6,9-11,20H2,1H3,(H,21,26). The van der Waals surface area contributed by atoms with E-state index in [0.29, 0.717) is 25.1 Å². The van der Waals surface area contributed by atoms with Crippen LogP contribution in [0.2, 0.25) is 0 Å². The molecule has 4 amide bonds. The molecular formula is C19H24N4O3. The van der Waals surface area contributed by atoms with Crippen LogP contribution in [-0.4, -0.2) is 40.9 Å². The van der Waals surface area contributed by atoms with Gasteiger partial charge in [-0.1, -0.05) is 18.9 Å². The second kappa shape index (κ2) is 6.00. The monoisotopic (exact) mass is 356 g/mol. The first-order valence-electron chi connectivity index (χ1n) is 9.29. The molecule has 2 heterocycles. The van der Waals surface area contributed by atoms with Crippen molar-refractivity contribution >= 4 is 29.2 Å². The number of fused-ring (bicyclic) bond motifs is 1. The average molecular weight is 356 g/mol. The van der Waals surface area contributed by atoms with E-state index in [0.717, 1.165) is 41.8 Å². The molecule has 0 bridgehead atoms. The third kappa shape index (κ3) is 2.37. The number of nitrogens with two attached hydrogens (primary N) is 1. The number of rotatable bonds is 2. The topological polar surface area (TPSA) is 95.7 Å². The first kappa shape index (κ1) is 16.9. The number of benzene rings is 1. The molecule has 1 aliphatic carbocycles. The van der Waals surface area contributed by atoms with Crippen molar-refractivity contribution in [2.75, 3.05) is 17.2 Å². The van der Waals surface area contributed by atoms with Crippen LogP contribution in [0.1, 0.15) is 44.6 Å². The summed E-state index contributed by atoms with van der Waals surface area (Å²) in [5, 5.41) is 2.84. The minimum atomic E-state index is -0.838. The number of carbonyl (C=O) groups is 3. The Hall–Kier alpha value is -2.57. The predicted octanol–water partition coefficient (Wildman–Crippen LogP) is 1.80. The lowest BCUT2D eigenvalue weighted by atomic mass is 9.97. The van der Waals surface area contributed by atoms with Gasteiger partial charge in [-0.3, -0.25) is 9.59 Å². The molecule has 1 aromatic rings. The summed E-state index contributed by atoms with van der Waals surface area (Å²) in [6, 6.07) is 4.24. The number of nitrogens with one attached hydrogen (secondary N) is 1. The van der Waals surface area contributed by atoms with Gasteiger partial charge in [0, 0.05) is 17.9 Å². The number of amides is 4. The van der Waals surface area contributed by atoms with E-state index >= 15 is 0 Å². The number of anilines is 2. The van der Waals surface area contributed by atoms with E-state index in [-0.39, 0.29) is 11.8 Å². The summed E-state index contributed by atoms with van der Waals surface area (Å²) in [5.41, 5.74) is 7.69. The van der Waals surface area contributed by atoms with Crippen molar-refractivity contribution in [2.45, 2.75) is 57.0 Å². The molecule has 1 atom stereocenters. The summed E-state index contributed by atoms with van der Waals surface area (Å²) in [4.78, 5) is 41.3. The van der Waals surface area contributed by atoms with Crippen LogP contribution in [0.15, 0.2) is 18.2 Å². The molecule has 138 valence electrons. The highest BCUT2D eigenvalue weighted by atomic mass is 16.2. The summed E-state index contributed by atoms with van der Waals surface area (Å²) >= 11 is 0. The van der Waals surface area contributed by atoms with Gasteiger partial charge >= 0.3 is 6.03 Å². The van der Waals surface area contributed by atoms with Crippen molar-refractivity contribution in [2.24, 2.45) is 0 Å². The summed E-state index contributed by atoms with van der Waals surface area (Å²) in [5.74, 6) is -0.499. The Balaban J connectivity index is 1.61. The van der Waals surface area contributed by atoms with E-state index in [1.807, 2.05) is 18.2 Å². The van der Waals surface area contributed by atoms with Gasteiger partial charge in [-0.2, -0.15) is 0 Å². The summed E-state index contributed by atoms with van der Waals surface area (Å²) in [7, 11) is 0. The van der Waals surface area contributed by atoms with Gasteiger partial charge in [0.05, 0.1) is 0 Å². The van der Waals surface area contributed by atoms with Gasteiger partial charge in [-0.05, 0) is 50.3 Å². The average Bonchev–Trinajstić information content (AvgIpc) is 3.19. The number of imide groups is 1. The molecule has 1 unspecified atom stereocenters. The minimum absolute atomic E-state index is 0.241. The largest absolute Gasteiger partial charge is 0.398 e. The molecule has 4 rings (SSSR count). The second-order valence-corrected chi connectivity index (χ2v) is 7.51. The van der Waals surface area contributed by atoms with Crippen molar-refractivity contribution in [3.05, 3.63) is 23.8 Å². The smallest absolute Gasteiger partial charge is 0.325 e. The third-order valence-electron chi connectivity index (χ3n) is 5.95. The van der Waals surface area contributed by atoms with Crippen molar-refractivity contribution in [1.82, 2.24) is 10.2 Å². The Kier molecular flexibility index (Phi) is 3.89. The molecule has 1 aromatic carbocycles. The summed E-state index contributed by atoms with van der Waals surface area (Å²) in [6.45, 7) is 2.20. The summed E-state index contributed by atoms with van der Waals surface area (Å²) in [6.07, 6.45) is 4.77. The number of carbonyl (C=O) groups excluding carboxylic acids is 3. The molecule has 0 aromatic heterocycles. The fourth-order valence-corrected chi connectivity index (χ4v) is 4.53. The van der Waals surface area contributed by atoms with Crippen molar-refractivity contribution in [3.63, 3.8) is 0 Å². The molecule has 1 spiro atoms. The van der Waals surface area contributed by atoms with Crippen molar-refractivity contribution < 1.29 is 14.4 Å². The van der Waals surface area contributed by atoms with Crippen LogP contribution >= 0.6 is 0 Å². The Morgan fingerprint density at radius 2 is 1.96 bits per heavy atom. The molecule has 26 heavy (non-hydrogen) atoms. The fourth-order valence-electron chi connectivity index (χ4n) is 4.53. The van der Waals surface area contributed by atoms with Crippen molar-refractivity contribution in [1.29, 1.82) is 0 Å². The lowest BCUT2D eigenvalue weighted by Crippen LogP contribution is -2.52. The fraction of sp³-hybridized carbons (Fsp3) is 0.526. The Morgan fingerprint density at radius 3 is 2.69 bits per heavy atom. The van der Waals surface area contributed by atoms with E-state index in [1.54, 1.807) is 11.8 Å². The molecule has 0 radical (unpaired) electrons. The van der Waals surface area contributed by atoms with E-state index in [1.165, 1.54) is 0 Å². The van der Waals surface area contributed by atoms with Gasteiger partial charge in [0.25, 0.3) is 5.91 Å². The number of hydrogen-bond acceptors (Lipinski definition) is 4. The maximum absolute atomic E-state index is 13.2. The van der Waals surface area contributed by atoms with Crippen LogP contribution in [0.5, 0.6) is 0 Å². The van der Waals surface area contributed by atoms with Crippen LogP contribution < -0.4 is 16.0 Å². The predicted molar refractivity (Wildman–Crippen MR) is 97.6 cm³/mol. The highest BCUT2D eigenvalue weighted by Gasteiger charge is 2.55. The van der Waals surface area contributed by atoms with Crippen molar-refractivity contribution in [3.8, 4) is 0 Å². The normalized spacial score (nSPS) is 22.5. The van der Waals surface area contributed by atoms with Crippen LogP contribution in [-0.2, 0) is 16.0 Å². The number of hydrogen-bond donors (Lipinski definition) is 2. The van der Waals surface area contributed by atoms with Gasteiger partial charge in [0.1, 0.15) is 11.6 Å². The second-order valence-electron chi connectivity index (χ2n) is 7.51. The van der Waals surface area contributed by atoms with Gasteiger partial charge in [-0.15, -0.1) is 0 Å². The van der Waals surface area contributed by atoms with E-state index in [9.17, 15) is 14.4 Å². The zero-order valence-corrected chi connectivity index (χ0v) is 15.0. The van der Waals surface area contributed by atoms with Gasteiger partial charge in [-0.25, -0.2) is 9.69 Å². The lowest BCUT2D eigenvalue weighted by Gasteiger charge is -2.34. The third-order valence-corrected chi connectivity index (χ3v) is 5.95. The first-order valence-corrected chi connectivity index (χ1v) is 9.29. The van der Waals surface area contributed by atoms with E-state index in [2.05, 4.69) is 5.32 Å². The van der Waals surface area contributed by atoms with Crippen LogP contribution in [0.25, 0.3) is 0 Å². The summed E-state index contributed by atoms with van der Waals surface area (Å²) < 4.78 is 0. The highest BCUT2D eigenvalue weighted by Crippen LogP contribution is 2.37. The molecule has 1 saturated heterocycles. The molecule has 2 aliphatic heterocycles. The maximum Gasteiger partial charge on any atom is 0.325 e. The van der Waals surface area contributed by atoms with Gasteiger partial charge in [0.2, 0.25) is 5.91 Å². The van der Waals surface area contributed by atoms with E-state index < -0.39 is 17.6 Å². The highest BCUT2D eigenvalue weighted by molar-refractivity contribution is 6.11. The first-order chi connectivity index (χ1) is 12.4. The number of urea groups is 1. The van der Waals surface area contributed by atoms with E-state index in [4.69, 9.17) is 5.73 Å². The Bertz CT molecular complexity index is 785. The maximum atomic E-state index is 13.2. The van der Waals surface area contributed by atoms with Crippen LogP contribution in [0.3, 0.4) is 0 Å². The number of nitrogen functional groups attached to an aromatic ring is 1. The lowest BCUT2D eigenvalue weighted by molar-refractivity contribution is -0.137. The molecular weight excluding hydrogens is 332 g/mol. The number of nitrogens with zero attached hydrogens (tertiary/aromatic N) is 2. The molecule has 1 saturated carbocycles.